The van der Waals surface area contributed by atoms with Gasteiger partial charge < -0.3 is 9.47 Å². The third kappa shape index (κ3) is 1.50. The van der Waals surface area contributed by atoms with Gasteiger partial charge in [0.05, 0.1) is 12.2 Å². The molecule has 0 aromatic heterocycles. The first-order chi connectivity index (χ1) is 5.74. The minimum atomic E-state index is -0.234. The molecular weight excluding hydrogens is 156 g/mol. The molecule has 0 amide bonds. The van der Waals surface area contributed by atoms with Crippen LogP contribution in [0.2, 0.25) is 0 Å². The monoisotopic (exact) mass is 168 g/mol. The Morgan fingerprint density at radius 1 is 1.67 bits per heavy atom. The van der Waals surface area contributed by atoms with Crippen molar-refractivity contribution in [2.45, 2.75) is 38.4 Å². The van der Waals surface area contributed by atoms with E-state index in [1.54, 1.807) is 0 Å². The number of hydrogen-bond acceptors (Lipinski definition) is 3. The van der Waals surface area contributed by atoms with E-state index < -0.39 is 0 Å². The Bertz CT molecular complexity index is 232. The van der Waals surface area contributed by atoms with Gasteiger partial charge >= 0.3 is 5.97 Å². The van der Waals surface area contributed by atoms with Crippen LogP contribution in [0.1, 0.15) is 26.2 Å². The van der Waals surface area contributed by atoms with Crippen LogP contribution < -0.4 is 0 Å². The zero-order valence-corrected chi connectivity index (χ0v) is 7.08. The Hall–Kier alpha value is -0.830. The lowest BCUT2D eigenvalue weighted by atomic mass is 10.2. The summed E-state index contributed by atoms with van der Waals surface area (Å²) in [5, 5.41) is 0. The van der Waals surface area contributed by atoms with Gasteiger partial charge in [0.1, 0.15) is 5.76 Å². The van der Waals surface area contributed by atoms with Crippen LogP contribution in [0.25, 0.3) is 0 Å². The first kappa shape index (κ1) is 7.80. The smallest absolute Gasteiger partial charge is 0.307 e. The molecule has 3 heteroatoms. The molecule has 0 N–H and O–H groups in total. The molecule has 2 aliphatic rings. The summed E-state index contributed by atoms with van der Waals surface area (Å²) >= 11 is 0. The second-order valence-corrected chi connectivity index (χ2v) is 3.30. The standard InChI is InChI=1S/C9H12O3/c1-6(10)11-9-4-7-2-3-8(5-9)12-7/h4,7-8H,2-3,5H2,1H3. The molecule has 12 heavy (non-hydrogen) atoms. The summed E-state index contributed by atoms with van der Waals surface area (Å²) in [6.45, 7) is 1.43. The molecule has 2 heterocycles. The van der Waals surface area contributed by atoms with Gasteiger partial charge in [0.2, 0.25) is 0 Å². The maximum atomic E-state index is 10.6. The van der Waals surface area contributed by atoms with E-state index in [1.807, 2.05) is 6.08 Å². The van der Waals surface area contributed by atoms with Crippen molar-refractivity contribution >= 4 is 5.97 Å². The molecule has 1 fully saturated rings. The topological polar surface area (TPSA) is 35.5 Å². The van der Waals surface area contributed by atoms with Crippen molar-refractivity contribution < 1.29 is 14.3 Å². The van der Waals surface area contributed by atoms with E-state index in [0.717, 1.165) is 25.0 Å². The van der Waals surface area contributed by atoms with E-state index in [9.17, 15) is 4.79 Å². The summed E-state index contributed by atoms with van der Waals surface area (Å²) in [5.41, 5.74) is 0. The fourth-order valence-corrected chi connectivity index (χ4v) is 1.77. The summed E-state index contributed by atoms with van der Waals surface area (Å²) in [5.74, 6) is 0.559. The van der Waals surface area contributed by atoms with Crippen molar-refractivity contribution in [1.82, 2.24) is 0 Å². The Balaban J connectivity index is 2.03. The summed E-state index contributed by atoms with van der Waals surface area (Å²) in [4.78, 5) is 10.6. The second kappa shape index (κ2) is 2.90. The van der Waals surface area contributed by atoms with Gasteiger partial charge in [-0.3, -0.25) is 4.79 Å². The molecule has 2 rings (SSSR count). The zero-order chi connectivity index (χ0) is 8.55. The average Bonchev–Trinajstić information content (AvgIpc) is 2.29. The number of carbonyl (C=O) groups excluding carboxylic acids is 1. The van der Waals surface area contributed by atoms with Crippen molar-refractivity contribution in [2.24, 2.45) is 0 Å². The van der Waals surface area contributed by atoms with E-state index in [2.05, 4.69) is 0 Å². The van der Waals surface area contributed by atoms with E-state index in [1.165, 1.54) is 6.92 Å². The molecule has 0 aromatic rings. The number of fused-ring (bicyclic) bond motifs is 2. The van der Waals surface area contributed by atoms with E-state index in [-0.39, 0.29) is 18.2 Å². The average molecular weight is 168 g/mol. The van der Waals surface area contributed by atoms with Crippen molar-refractivity contribution in [3.8, 4) is 0 Å². The first-order valence-corrected chi connectivity index (χ1v) is 4.28. The predicted molar refractivity (Wildman–Crippen MR) is 42.4 cm³/mol. The lowest BCUT2D eigenvalue weighted by Gasteiger charge is -2.19. The van der Waals surface area contributed by atoms with Crippen LogP contribution in [0.5, 0.6) is 0 Å². The highest BCUT2D eigenvalue weighted by atomic mass is 16.5. The SMILES string of the molecule is CC(=O)OC1=CC2CCC(C1)O2. The molecule has 2 unspecified atom stereocenters. The molecule has 0 aliphatic carbocycles. The predicted octanol–water partition coefficient (Wildman–Crippen LogP) is 1.38. The quantitative estimate of drug-likeness (QED) is 0.555. The van der Waals surface area contributed by atoms with Gasteiger partial charge in [-0.05, 0) is 18.9 Å². The molecule has 3 nitrogen and oxygen atoms in total. The zero-order valence-electron chi connectivity index (χ0n) is 7.08. The van der Waals surface area contributed by atoms with Crippen molar-refractivity contribution in [3.63, 3.8) is 0 Å². The van der Waals surface area contributed by atoms with Crippen LogP contribution >= 0.6 is 0 Å². The van der Waals surface area contributed by atoms with E-state index >= 15 is 0 Å². The summed E-state index contributed by atoms with van der Waals surface area (Å²) in [6, 6.07) is 0. The number of ether oxygens (including phenoxy) is 2. The van der Waals surface area contributed by atoms with Gasteiger partial charge in [-0.2, -0.15) is 0 Å². The summed E-state index contributed by atoms with van der Waals surface area (Å²) < 4.78 is 10.6. The molecule has 0 aromatic carbocycles. The third-order valence-corrected chi connectivity index (χ3v) is 2.22. The Labute approximate surface area is 71.3 Å². The minimum absolute atomic E-state index is 0.193. The number of hydrogen-bond donors (Lipinski definition) is 0. The number of esters is 1. The lowest BCUT2D eigenvalue weighted by molar-refractivity contribution is -0.137. The van der Waals surface area contributed by atoms with Crippen LogP contribution in [0.4, 0.5) is 0 Å². The van der Waals surface area contributed by atoms with Gasteiger partial charge in [-0.1, -0.05) is 0 Å². The molecule has 0 saturated carbocycles. The highest BCUT2D eigenvalue weighted by Gasteiger charge is 2.30. The fraction of sp³-hybridized carbons (Fsp3) is 0.667. The van der Waals surface area contributed by atoms with Crippen LogP contribution in [-0.4, -0.2) is 18.2 Å². The maximum Gasteiger partial charge on any atom is 0.307 e. The van der Waals surface area contributed by atoms with Crippen LogP contribution in [0.3, 0.4) is 0 Å². The number of rotatable bonds is 1. The van der Waals surface area contributed by atoms with Crippen molar-refractivity contribution in [2.75, 3.05) is 0 Å². The molecule has 2 bridgehead atoms. The van der Waals surface area contributed by atoms with Crippen molar-refractivity contribution in [3.05, 3.63) is 11.8 Å². The minimum Gasteiger partial charge on any atom is -0.431 e. The summed E-state index contributed by atoms with van der Waals surface area (Å²) in [6.07, 6.45) is 5.31. The molecule has 0 radical (unpaired) electrons. The lowest BCUT2D eigenvalue weighted by Crippen LogP contribution is -2.18. The van der Waals surface area contributed by atoms with E-state index in [4.69, 9.17) is 9.47 Å². The van der Waals surface area contributed by atoms with Crippen LogP contribution in [0.15, 0.2) is 11.8 Å². The van der Waals surface area contributed by atoms with Crippen LogP contribution in [0, 0.1) is 0 Å². The van der Waals surface area contributed by atoms with Gasteiger partial charge in [-0.15, -0.1) is 0 Å². The molecule has 0 spiro atoms. The van der Waals surface area contributed by atoms with Crippen LogP contribution in [-0.2, 0) is 14.3 Å². The number of carbonyl (C=O) groups is 1. The normalized spacial score (nSPS) is 32.9. The van der Waals surface area contributed by atoms with Crippen molar-refractivity contribution in [1.29, 1.82) is 0 Å². The largest absolute Gasteiger partial charge is 0.431 e. The Kier molecular flexibility index (Phi) is 1.89. The molecular formula is C9H12O3. The molecule has 1 saturated heterocycles. The van der Waals surface area contributed by atoms with Gasteiger partial charge in [0, 0.05) is 13.3 Å². The molecule has 2 atom stereocenters. The Morgan fingerprint density at radius 2 is 2.50 bits per heavy atom. The highest BCUT2D eigenvalue weighted by molar-refractivity contribution is 5.67. The fourth-order valence-electron chi connectivity index (χ4n) is 1.77. The van der Waals surface area contributed by atoms with Gasteiger partial charge in [0.25, 0.3) is 0 Å². The Morgan fingerprint density at radius 3 is 3.17 bits per heavy atom. The summed E-state index contributed by atoms with van der Waals surface area (Å²) in [7, 11) is 0. The maximum absolute atomic E-state index is 10.6. The van der Waals surface area contributed by atoms with E-state index in [0.29, 0.717) is 0 Å². The first-order valence-electron chi connectivity index (χ1n) is 4.28. The molecule has 66 valence electrons. The second-order valence-electron chi connectivity index (χ2n) is 3.30. The van der Waals surface area contributed by atoms with Gasteiger partial charge in [-0.25, -0.2) is 0 Å². The third-order valence-electron chi connectivity index (χ3n) is 2.22. The molecule has 2 aliphatic heterocycles. The highest BCUT2D eigenvalue weighted by Crippen LogP contribution is 2.31. The van der Waals surface area contributed by atoms with Gasteiger partial charge in [0.15, 0.2) is 0 Å².